The number of alkyl carbamates (subject to hydrolysis) is 1. The maximum Gasteiger partial charge on any atom is 0.407 e. The summed E-state index contributed by atoms with van der Waals surface area (Å²) in [4.78, 5) is 25.4. The number of hydrogen-bond donors (Lipinski definition) is 1. The number of hydrogen-bond acceptors (Lipinski definition) is 6. The lowest BCUT2D eigenvalue weighted by atomic mass is 9.84. The van der Waals surface area contributed by atoms with E-state index in [1.54, 1.807) is 0 Å². The number of carbonyl (C=O) groups excluding carboxylic acids is 1. The van der Waals surface area contributed by atoms with Crippen molar-refractivity contribution in [2.45, 2.75) is 64.5 Å². The number of nitrogens with zero attached hydrogens (tertiary/aromatic N) is 4. The van der Waals surface area contributed by atoms with Crippen molar-refractivity contribution in [3.05, 3.63) is 18.5 Å². The van der Waals surface area contributed by atoms with Crippen LogP contribution in [0.2, 0.25) is 0 Å². The van der Waals surface area contributed by atoms with E-state index in [0.29, 0.717) is 0 Å². The highest BCUT2D eigenvalue weighted by atomic mass is 16.6. The summed E-state index contributed by atoms with van der Waals surface area (Å²) in [6, 6.07) is 2.12. The van der Waals surface area contributed by atoms with Crippen molar-refractivity contribution < 1.29 is 9.53 Å². The van der Waals surface area contributed by atoms with E-state index in [0.717, 1.165) is 57.4 Å². The monoisotopic (exact) mass is 389 g/mol. The summed E-state index contributed by atoms with van der Waals surface area (Å²) in [6.07, 6.45) is 9.09. The fourth-order valence-electron chi connectivity index (χ4n) is 4.06. The molecular weight excluding hydrogens is 354 g/mol. The number of rotatable bonds is 5. The summed E-state index contributed by atoms with van der Waals surface area (Å²) in [7, 11) is 0. The summed E-state index contributed by atoms with van der Waals surface area (Å²) in [5.74, 6) is 1.62. The third kappa shape index (κ3) is 6.62. The minimum absolute atomic E-state index is 0.264. The molecule has 1 N–H and O–H groups in total. The van der Waals surface area contributed by atoms with Crippen molar-refractivity contribution in [3.63, 3.8) is 0 Å². The van der Waals surface area contributed by atoms with Crippen LogP contribution in [0.3, 0.4) is 0 Å². The Morgan fingerprint density at radius 1 is 1.11 bits per heavy atom. The molecule has 1 aliphatic carbocycles. The Labute approximate surface area is 168 Å². The van der Waals surface area contributed by atoms with Crippen molar-refractivity contribution in [2.24, 2.45) is 5.92 Å². The minimum atomic E-state index is -0.433. The quantitative estimate of drug-likeness (QED) is 0.835. The lowest BCUT2D eigenvalue weighted by Gasteiger charge is -2.36. The molecule has 0 atom stereocenters. The van der Waals surface area contributed by atoms with Gasteiger partial charge in [0.05, 0.1) is 0 Å². The van der Waals surface area contributed by atoms with Crippen LogP contribution in [-0.4, -0.2) is 65.3 Å². The molecule has 0 bridgehead atoms. The molecular formula is C21H35N5O2. The summed E-state index contributed by atoms with van der Waals surface area (Å²) in [6.45, 7) is 11.0. The van der Waals surface area contributed by atoms with E-state index in [2.05, 4.69) is 25.1 Å². The number of aromatic nitrogens is 2. The van der Waals surface area contributed by atoms with Crippen molar-refractivity contribution in [1.82, 2.24) is 20.2 Å². The molecule has 3 rings (SSSR count). The van der Waals surface area contributed by atoms with Crippen LogP contribution in [0.15, 0.2) is 18.5 Å². The van der Waals surface area contributed by atoms with Gasteiger partial charge < -0.3 is 15.0 Å². The van der Waals surface area contributed by atoms with E-state index in [1.165, 1.54) is 19.3 Å². The molecule has 1 saturated heterocycles. The number of nitrogens with one attached hydrogen (secondary N) is 1. The van der Waals surface area contributed by atoms with Crippen molar-refractivity contribution in [2.75, 3.05) is 37.6 Å². The minimum Gasteiger partial charge on any atom is -0.444 e. The molecule has 1 aromatic heterocycles. The highest BCUT2D eigenvalue weighted by Gasteiger charge is 2.25. The van der Waals surface area contributed by atoms with Crippen molar-refractivity contribution >= 4 is 12.0 Å². The third-order valence-electron chi connectivity index (χ3n) is 5.63. The van der Waals surface area contributed by atoms with Gasteiger partial charge >= 0.3 is 6.09 Å². The number of piperazine rings is 1. The average molecular weight is 390 g/mol. The van der Waals surface area contributed by atoms with Crippen LogP contribution in [0.25, 0.3) is 0 Å². The van der Waals surface area contributed by atoms with Gasteiger partial charge in [-0.3, -0.25) is 4.90 Å². The lowest BCUT2D eigenvalue weighted by Crippen LogP contribution is -2.47. The van der Waals surface area contributed by atoms with Gasteiger partial charge in [-0.05, 0) is 71.4 Å². The van der Waals surface area contributed by atoms with Crippen LogP contribution in [0.4, 0.5) is 10.7 Å². The van der Waals surface area contributed by atoms with Gasteiger partial charge in [0.25, 0.3) is 0 Å². The second-order valence-corrected chi connectivity index (χ2v) is 9.03. The van der Waals surface area contributed by atoms with Gasteiger partial charge in [0.15, 0.2) is 0 Å². The van der Waals surface area contributed by atoms with Gasteiger partial charge in [0.1, 0.15) is 5.60 Å². The fourth-order valence-corrected chi connectivity index (χ4v) is 4.06. The second-order valence-electron chi connectivity index (χ2n) is 9.03. The molecule has 1 amide bonds. The van der Waals surface area contributed by atoms with Gasteiger partial charge in [-0.2, -0.15) is 0 Å². The molecule has 1 saturated carbocycles. The Kier molecular flexibility index (Phi) is 7.10. The highest BCUT2D eigenvalue weighted by Crippen LogP contribution is 2.27. The Bertz CT molecular complexity index is 603. The van der Waals surface area contributed by atoms with Gasteiger partial charge in [-0.1, -0.05) is 0 Å². The van der Waals surface area contributed by atoms with Crippen LogP contribution in [0.1, 0.15) is 52.9 Å². The summed E-state index contributed by atoms with van der Waals surface area (Å²) in [5, 5.41) is 3.03. The van der Waals surface area contributed by atoms with Crippen LogP contribution >= 0.6 is 0 Å². The Morgan fingerprint density at radius 3 is 2.36 bits per heavy atom. The Morgan fingerprint density at radius 2 is 1.75 bits per heavy atom. The molecule has 2 fully saturated rings. The molecule has 28 heavy (non-hydrogen) atoms. The fraction of sp³-hybridized carbons (Fsp3) is 0.762. The standard InChI is InChI=1S/C21H35N5O2/c1-21(2,3)28-20(27)24-18-7-5-17(6-8-18)9-12-25-13-15-26(16-14-25)19-22-10-4-11-23-19/h4,10-11,17-18H,5-9,12-16H2,1-3H3,(H,24,27). The third-order valence-corrected chi connectivity index (χ3v) is 5.63. The first-order valence-electron chi connectivity index (χ1n) is 10.6. The predicted octanol–water partition coefficient (Wildman–Crippen LogP) is 3.07. The normalized spacial score (nSPS) is 24.0. The molecule has 1 aliphatic heterocycles. The SMILES string of the molecule is CC(C)(C)OC(=O)NC1CCC(CCN2CCN(c3ncccn3)CC2)CC1. The summed E-state index contributed by atoms with van der Waals surface area (Å²) < 4.78 is 5.37. The van der Waals surface area contributed by atoms with Gasteiger partial charge in [-0.15, -0.1) is 0 Å². The van der Waals surface area contributed by atoms with E-state index in [9.17, 15) is 4.79 Å². The molecule has 7 heteroatoms. The highest BCUT2D eigenvalue weighted by molar-refractivity contribution is 5.68. The maximum atomic E-state index is 11.9. The summed E-state index contributed by atoms with van der Waals surface area (Å²) >= 11 is 0. The van der Waals surface area contributed by atoms with E-state index < -0.39 is 5.60 Å². The van der Waals surface area contributed by atoms with E-state index in [4.69, 9.17) is 4.74 Å². The Balaban J connectivity index is 1.30. The second kappa shape index (κ2) is 9.54. The van der Waals surface area contributed by atoms with E-state index in [1.807, 2.05) is 39.2 Å². The number of carbonyl (C=O) groups is 1. The van der Waals surface area contributed by atoms with Gasteiger partial charge in [0, 0.05) is 44.6 Å². The van der Waals surface area contributed by atoms with Crippen LogP contribution < -0.4 is 10.2 Å². The van der Waals surface area contributed by atoms with Crippen LogP contribution in [0.5, 0.6) is 0 Å². The predicted molar refractivity (Wildman–Crippen MR) is 110 cm³/mol. The first-order chi connectivity index (χ1) is 13.4. The maximum absolute atomic E-state index is 11.9. The number of anilines is 1. The van der Waals surface area contributed by atoms with Crippen LogP contribution in [0, 0.1) is 5.92 Å². The van der Waals surface area contributed by atoms with Crippen molar-refractivity contribution in [3.8, 4) is 0 Å². The summed E-state index contributed by atoms with van der Waals surface area (Å²) in [5.41, 5.74) is -0.433. The average Bonchev–Trinajstić information content (AvgIpc) is 2.67. The number of amides is 1. The zero-order chi connectivity index (χ0) is 20.0. The molecule has 0 aromatic carbocycles. The zero-order valence-electron chi connectivity index (χ0n) is 17.6. The first kappa shape index (κ1) is 20.8. The first-order valence-corrected chi connectivity index (χ1v) is 10.6. The topological polar surface area (TPSA) is 70.6 Å². The molecule has 156 valence electrons. The van der Waals surface area contributed by atoms with Crippen LogP contribution in [-0.2, 0) is 4.74 Å². The molecule has 7 nitrogen and oxygen atoms in total. The lowest BCUT2D eigenvalue weighted by molar-refractivity contribution is 0.0486. The van der Waals surface area contributed by atoms with Gasteiger partial charge in [-0.25, -0.2) is 14.8 Å². The molecule has 2 heterocycles. The van der Waals surface area contributed by atoms with Gasteiger partial charge in [0.2, 0.25) is 5.95 Å². The van der Waals surface area contributed by atoms with E-state index >= 15 is 0 Å². The molecule has 1 aromatic rings. The Hall–Kier alpha value is -1.89. The molecule has 0 radical (unpaired) electrons. The van der Waals surface area contributed by atoms with Crippen molar-refractivity contribution in [1.29, 1.82) is 0 Å². The van der Waals surface area contributed by atoms with E-state index in [-0.39, 0.29) is 12.1 Å². The molecule has 0 spiro atoms. The molecule has 0 unspecified atom stereocenters. The smallest absolute Gasteiger partial charge is 0.407 e. The molecule has 2 aliphatic rings. The largest absolute Gasteiger partial charge is 0.444 e. The number of ether oxygens (including phenoxy) is 1. The zero-order valence-corrected chi connectivity index (χ0v) is 17.6.